The lowest BCUT2D eigenvalue weighted by Crippen LogP contribution is -2.20. The Morgan fingerprint density at radius 2 is 2.04 bits per heavy atom. The maximum atomic E-state index is 12.4. The van der Waals surface area contributed by atoms with Crippen molar-refractivity contribution in [3.05, 3.63) is 58.6 Å². The highest BCUT2D eigenvalue weighted by molar-refractivity contribution is 6.32. The number of hydrogen-bond donors (Lipinski definition) is 2. The van der Waals surface area contributed by atoms with Gasteiger partial charge in [-0.1, -0.05) is 23.7 Å². The number of aliphatic hydroxyl groups is 1. The average molecular weight is 386 g/mol. The Morgan fingerprint density at radius 1 is 1.33 bits per heavy atom. The van der Waals surface area contributed by atoms with Crippen LogP contribution in [0, 0.1) is 11.3 Å². The Hall–Kier alpha value is -3.01. The van der Waals surface area contributed by atoms with E-state index in [1.165, 1.54) is 13.2 Å². The fraction of sp³-hybridized carbons (Fsp3) is 0.200. The van der Waals surface area contributed by atoms with Crippen LogP contribution in [0.5, 0.6) is 5.75 Å². The Bertz CT molecular complexity index is 873. The lowest BCUT2D eigenvalue weighted by atomic mass is 10.1. The molecule has 2 rings (SSSR count). The number of rotatable bonds is 7. The van der Waals surface area contributed by atoms with E-state index in [0.29, 0.717) is 23.0 Å². The summed E-state index contributed by atoms with van der Waals surface area (Å²) < 4.78 is 5.07. The summed E-state index contributed by atoms with van der Waals surface area (Å²) in [7, 11) is 3.37. The zero-order valence-corrected chi connectivity index (χ0v) is 15.8. The fourth-order valence-electron chi connectivity index (χ4n) is 2.36. The van der Waals surface area contributed by atoms with Gasteiger partial charge >= 0.3 is 0 Å². The van der Waals surface area contributed by atoms with Crippen LogP contribution in [-0.4, -0.2) is 38.3 Å². The zero-order chi connectivity index (χ0) is 19.8. The highest BCUT2D eigenvalue weighted by Gasteiger charge is 2.11. The van der Waals surface area contributed by atoms with E-state index in [4.69, 9.17) is 21.4 Å². The molecule has 0 aliphatic rings. The van der Waals surface area contributed by atoms with Gasteiger partial charge < -0.3 is 20.1 Å². The van der Waals surface area contributed by atoms with Crippen LogP contribution < -0.4 is 15.0 Å². The Morgan fingerprint density at radius 3 is 2.59 bits per heavy atom. The van der Waals surface area contributed by atoms with Crippen LogP contribution >= 0.6 is 11.6 Å². The second-order valence-corrected chi connectivity index (χ2v) is 6.12. The van der Waals surface area contributed by atoms with E-state index in [0.717, 1.165) is 11.3 Å². The van der Waals surface area contributed by atoms with Gasteiger partial charge in [-0.05, 0) is 42.0 Å². The number of nitrogens with one attached hydrogen (secondary N) is 1. The number of aliphatic hydroxyl groups excluding tert-OH is 1. The number of likely N-dealkylation sites (N-methyl/N-ethyl adjacent to an activating group) is 1. The molecule has 0 aromatic heterocycles. The van der Waals surface area contributed by atoms with Crippen LogP contribution in [0.2, 0.25) is 5.02 Å². The molecule has 27 heavy (non-hydrogen) atoms. The molecule has 0 unspecified atom stereocenters. The molecule has 0 radical (unpaired) electrons. The predicted octanol–water partition coefficient (Wildman–Crippen LogP) is 3.32. The van der Waals surface area contributed by atoms with Gasteiger partial charge in [0, 0.05) is 25.0 Å². The van der Waals surface area contributed by atoms with Gasteiger partial charge in [0.05, 0.1) is 18.7 Å². The van der Waals surface area contributed by atoms with Gasteiger partial charge in [-0.2, -0.15) is 5.26 Å². The minimum absolute atomic E-state index is 0.0293. The van der Waals surface area contributed by atoms with Crippen molar-refractivity contribution in [2.24, 2.45) is 0 Å². The first-order valence-corrected chi connectivity index (χ1v) is 8.55. The van der Waals surface area contributed by atoms with Gasteiger partial charge in [0.15, 0.2) is 0 Å². The van der Waals surface area contributed by atoms with Gasteiger partial charge in [0.1, 0.15) is 17.4 Å². The summed E-state index contributed by atoms with van der Waals surface area (Å²) in [6.45, 7) is 0.581. The molecule has 0 spiro atoms. The Labute approximate surface area is 163 Å². The molecule has 0 fully saturated rings. The maximum absolute atomic E-state index is 12.4. The molecular weight excluding hydrogens is 366 g/mol. The first-order valence-electron chi connectivity index (χ1n) is 8.17. The summed E-state index contributed by atoms with van der Waals surface area (Å²) in [5.74, 6) is -0.0304. The van der Waals surface area contributed by atoms with E-state index in [2.05, 4.69) is 5.32 Å². The zero-order valence-electron chi connectivity index (χ0n) is 15.1. The van der Waals surface area contributed by atoms with Crippen molar-refractivity contribution in [2.75, 3.05) is 37.5 Å². The number of nitriles is 1. The van der Waals surface area contributed by atoms with E-state index in [-0.39, 0.29) is 12.2 Å². The molecule has 2 aromatic carbocycles. The molecule has 140 valence electrons. The number of carbonyl (C=O) groups is 1. The number of nitrogens with zero attached hydrogens (tertiary/aromatic N) is 2. The van der Waals surface area contributed by atoms with Crippen molar-refractivity contribution >= 4 is 35.0 Å². The molecule has 0 aliphatic carbocycles. The summed E-state index contributed by atoms with van der Waals surface area (Å²) in [5.41, 5.74) is 2.08. The van der Waals surface area contributed by atoms with E-state index in [1.54, 1.807) is 30.3 Å². The molecule has 0 saturated heterocycles. The van der Waals surface area contributed by atoms with Crippen molar-refractivity contribution in [3.63, 3.8) is 0 Å². The average Bonchev–Trinajstić information content (AvgIpc) is 2.66. The highest BCUT2D eigenvalue weighted by Crippen LogP contribution is 2.27. The van der Waals surface area contributed by atoms with Crippen molar-refractivity contribution < 1.29 is 14.6 Å². The van der Waals surface area contributed by atoms with Crippen LogP contribution in [-0.2, 0) is 4.79 Å². The fourth-order valence-corrected chi connectivity index (χ4v) is 2.62. The lowest BCUT2D eigenvalue weighted by molar-refractivity contribution is -0.112. The number of hydrogen-bond acceptors (Lipinski definition) is 5. The molecule has 2 aromatic rings. The molecule has 0 atom stereocenters. The minimum atomic E-state index is -0.528. The van der Waals surface area contributed by atoms with Crippen molar-refractivity contribution in [1.29, 1.82) is 5.26 Å². The van der Waals surface area contributed by atoms with Gasteiger partial charge in [-0.25, -0.2) is 0 Å². The first-order chi connectivity index (χ1) is 13.0. The topological polar surface area (TPSA) is 85.6 Å². The van der Waals surface area contributed by atoms with Gasteiger partial charge in [-0.3, -0.25) is 4.79 Å². The molecule has 2 N–H and O–H groups in total. The van der Waals surface area contributed by atoms with E-state index in [9.17, 15) is 10.1 Å². The van der Waals surface area contributed by atoms with Crippen LogP contribution in [0.3, 0.4) is 0 Å². The first kappa shape index (κ1) is 20.3. The van der Waals surface area contributed by atoms with Crippen LogP contribution in [0.25, 0.3) is 6.08 Å². The molecule has 0 aliphatic heterocycles. The molecule has 0 bridgehead atoms. The third kappa shape index (κ3) is 5.48. The predicted molar refractivity (Wildman–Crippen MR) is 107 cm³/mol. The normalized spacial score (nSPS) is 10.9. The molecule has 7 heteroatoms. The van der Waals surface area contributed by atoms with Gasteiger partial charge in [0.25, 0.3) is 5.91 Å². The molecule has 0 heterocycles. The third-order valence-electron chi connectivity index (χ3n) is 3.86. The van der Waals surface area contributed by atoms with Gasteiger partial charge in [-0.15, -0.1) is 0 Å². The highest BCUT2D eigenvalue weighted by atomic mass is 35.5. The monoisotopic (exact) mass is 385 g/mol. The number of amides is 1. The quantitative estimate of drug-likeness (QED) is 0.564. The summed E-state index contributed by atoms with van der Waals surface area (Å²) in [5, 5.41) is 21.3. The lowest BCUT2D eigenvalue weighted by Gasteiger charge is -2.17. The summed E-state index contributed by atoms with van der Waals surface area (Å²) in [6.07, 6.45) is 1.51. The van der Waals surface area contributed by atoms with Crippen molar-refractivity contribution in [1.82, 2.24) is 0 Å². The smallest absolute Gasteiger partial charge is 0.266 e. The second kappa shape index (κ2) is 9.62. The number of anilines is 2. The number of benzene rings is 2. The molecular formula is C20H20ClN3O3. The second-order valence-electron chi connectivity index (χ2n) is 5.71. The maximum Gasteiger partial charge on any atom is 0.266 e. The van der Waals surface area contributed by atoms with Crippen LogP contribution in [0.4, 0.5) is 11.4 Å². The van der Waals surface area contributed by atoms with E-state index >= 15 is 0 Å². The summed E-state index contributed by atoms with van der Waals surface area (Å²) >= 11 is 6.04. The van der Waals surface area contributed by atoms with Crippen LogP contribution in [0.1, 0.15) is 5.56 Å². The van der Waals surface area contributed by atoms with Gasteiger partial charge in [0.2, 0.25) is 0 Å². The van der Waals surface area contributed by atoms with Crippen LogP contribution in [0.15, 0.2) is 48.0 Å². The Balaban J connectivity index is 2.14. The minimum Gasteiger partial charge on any atom is -0.495 e. The van der Waals surface area contributed by atoms with Crippen molar-refractivity contribution in [2.45, 2.75) is 0 Å². The number of methoxy groups -OCH3 is 1. The van der Waals surface area contributed by atoms with Crippen molar-refractivity contribution in [3.8, 4) is 11.8 Å². The number of halogens is 1. The summed E-state index contributed by atoms with van der Waals surface area (Å²) in [6, 6.07) is 14.1. The standard InChI is InChI=1S/C20H20ClN3O3/c1-24(9-10-25)17-6-3-14(4-7-17)11-15(13-22)20(26)23-16-5-8-19(27-2)18(21)12-16/h3-8,11-12,25H,9-10H2,1-2H3,(H,23,26)/b15-11+. The van der Waals surface area contributed by atoms with E-state index in [1.807, 2.05) is 30.1 Å². The summed E-state index contributed by atoms with van der Waals surface area (Å²) in [4.78, 5) is 14.3. The SMILES string of the molecule is COc1ccc(NC(=O)/C(C#N)=C/c2ccc(N(C)CCO)cc2)cc1Cl. The molecule has 6 nitrogen and oxygen atoms in total. The number of carbonyl (C=O) groups excluding carboxylic acids is 1. The largest absolute Gasteiger partial charge is 0.495 e. The third-order valence-corrected chi connectivity index (χ3v) is 4.15. The van der Waals surface area contributed by atoms with E-state index < -0.39 is 5.91 Å². The molecule has 1 amide bonds. The Kier molecular flexibility index (Phi) is 7.24. The number of ether oxygens (including phenoxy) is 1. The molecule has 0 saturated carbocycles.